The molecule has 0 radical (unpaired) electrons. The lowest BCUT2D eigenvalue weighted by molar-refractivity contribution is 0.0906. The third kappa shape index (κ3) is 4.48. The van der Waals surface area contributed by atoms with Gasteiger partial charge in [0.25, 0.3) is 5.91 Å². The smallest absolute Gasteiger partial charge is 0.251 e. The van der Waals surface area contributed by atoms with Gasteiger partial charge >= 0.3 is 0 Å². The Hall–Kier alpha value is -2.14. The van der Waals surface area contributed by atoms with Gasteiger partial charge in [-0.05, 0) is 63.5 Å². The van der Waals surface area contributed by atoms with Crippen molar-refractivity contribution >= 4 is 5.91 Å². The average Bonchev–Trinajstić information content (AvgIpc) is 2.93. The molecule has 134 valence electrons. The molecule has 5 heteroatoms. The molecule has 1 unspecified atom stereocenters. The monoisotopic (exact) mass is 340 g/mol. The van der Waals surface area contributed by atoms with Crippen LogP contribution in [0.3, 0.4) is 0 Å². The fourth-order valence-electron chi connectivity index (χ4n) is 3.50. The number of amides is 1. The van der Waals surface area contributed by atoms with Gasteiger partial charge in [-0.3, -0.25) is 9.48 Å². The highest BCUT2D eigenvalue weighted by Gasteiger charge is 2.20. The standard InChI is InChI=1S/C20H28N4O/c1-4-23-11-5-6-19(14-23)21-20(25)18-9-7-17(8-10-18)13-24-16(3)12-15(2)22-24/h7-10,12,19H,4-6,11,13-14H2,1-3H3,(H,21,25). The second-order valence-electron chi connectivity index (χ2n) is 6.99. The molecular formula is C20H28N4O. The minimum atomic E-state index is 0.0283. The van der Waals surface area contributed by atoms with Crippen LogP contribution in [0.5, 0.6) is 0 Å². The van der Waals surface area contributed by atoms with Gasteiger partial charge in [0.1, 0.15) is 0 Å². The van der Waals surface area contributed by atoms with Crippen LogP contribution in [0.4, 0.5) is 0 Å². The van der Waals surface area contributed by atoms with Crippen LogP contribution in [0.2, 0.25) is 0 Å². The molecule has 2 heterocycles. The number of benzene rings is 1. The lowest BCUT2D eigenvalue weighted by Gasteiger charge is -2.32. The number of aromatic nitrogens is 2. The molecule has 1 N–H and O–H groups in total. The van der Waals surface area contributed by atoms with E-state index in [0.29, 0.717) is 0 Å². The maximum Gasteiger partial charge on any atom is 0.251 e. The normalized spacial score (nSPS) is 18.3. The van der Waals surface area contributed by atoms with Crippen LogP contribution in [-0.4, -0.2) is 46.3 Å². The summed E-state index contributed by atoms with van der Waals surface area (Å²) in [5.41, 5.74) is 4.06. The molecule has 1 atom stereocenters. The molecule has 3 rings (SSSR count). The van der Waals surface area contributed by atoms with Crippen LogP contribution >= 0.6 is 0 Å². The first-order valence-corrected chi connectivity index (χ1v) is 9.18. The number of nitrogens with one attached hydrogen (secondary N) is 1. The zero-order valence-corrected chi connectivity index (χ0v) is 15.5. The van der Waals surface area contributed by atoms with Gasteiger partial charge in [-0.25, -0.2) is 0 Å². The number of hydrogen-bond acceptors (Lipinski definition) is 3. The Morgan fingerprint density at radius 2 is 2.04 bits per heavy atom. The van der Waals surface area contributed by atoms with E-state index in [1.165, 1.54) is 0 Å². The number of rotatable bonds is 5. The molecule has 2 aromatic rings. The predicted octanol–water partition coefficient (Wildman–Crippen LogP) is 2.76. The van der Waals surface area contributed by atoms with Crippen LogP contribution in [0, 0.1) is 13.8 Å². The predicted molar refractivity (Wildman–Crippen MR) is 99.8 cm³/mol. The first-order chi connectivity index (χ1) is 12.0. The number of nitrogens with zero attached hydrogens (tertiary/aromatic N) is 3. The molecule has 5 nitrogen and oxygen atoms in total. The van der Waals surface area contributed by atoms with Crippen molar-refractivity contribution in [3.8, 4) is 0 Å². The van der Waals surface area contributed by atoms with Crippen molar-refractivity contribution in [3.05, 3.63) is 52.8 Å². The van der Waals surface area contributed by atoms with E-state index in [9.17, 15) is 4.79 Å². The Morgan fingerprint density at radius 1 is 1.28 bits per heavy atom. The van der Waals surface area contributed by atoms with E-state index in [1.54, 1.807) is 0 Å². The van der Waals surface area contributed by atoms with E-state index in [2.05, 4.69) is 35.2 Å². The van der Waals surface area contributed by atoms with Crippen LogP contribution in [0.1, 0.15) is 47.1 Å². The van der Waals surface area contributed by atoms with Gasteiger partial charge in [0.15, 0.2) is 0 Å². The molecule has 1 fully saturated rings. The average molecular weight is 340 g/mol. The molecular weight excluding hydrogens is 312 g/mol. The van der Waals surface area contributed by atoms with Gasteiger partial charge in [-0.1, -0.05) is 19.1 Å². The zero-order chi connectivity index (χ0) is 17.8. The van der Waals surface area contributed by atoms with E-state index in [1.807, 2.05) is 35.9 Å². The molecule has 0 spiro atoms. The van der Waals surface area contributed by atoms with Gasteiger partial charge in [-0.2, -0.15) is 5.10 Å². The summed E-state index contributed by atoms with van der Waals surface area (Å²) >= 11 is 0. The van der Waals surface area contributed by atoms with E-state index in [4.69, 9.17) is 0 Å². The van der Waals surface area contributed by atoms with Gasteiger partial charge in [0, 0.05) is 23.8 Å². The minimum absolute atomic E-state index is 0.0283. The minimum Gasteiger partial charge on any atom is -0.348 e. The van der Waals surface area contributed by atoms with Crippen LogP contribution in [0.25, 0.3) is 0 Å². The van der Waals surface area contributed by atoms with Gasteiger partial charge in [-0.15, -0.1) is 0 Å². The largest absolute Gasteiger partial charge is 0.348 e. The second kappa shape index (κ2) is 7.83. The highest BCUT2D eigenvalue weighted by Crippen LogP contribution is 2.12. The van der Waals surface area contributed by atoms with E-state index in [-0.39, 0.29) is 11.9 Å². The summed E-state index contributed by atoms with van der Waals surface area (Å²) in [4.78, 5) is 14.9. The molecule has 0 aliphatic carbocycles. The number of likely N-dealkylation sites (tertiary alicyclic amines) is 1. The van der Waals surface area contributed by atoms with Crippen LogP contribution in [-0.2, 0) is 6.54 Å². The van der Waals surface area contributed by atoms with Crippen LogP contribution < -0.4 is 5.32 Å². The first kappa shape index (κ1) is 17.7. The number of carbonyl (C=O) groups excluding carboxylic acids is 1. The summed E-state index contributed by atoms with van der Waals surface area (Å²) in [7, 11) is 0. The summed E-state index contributed by atoms with van der Waals surface area (Å²) in [6, 6.07) is 10.2. The molecule has 1 aliphatic rings. The maximum absolute atomic E-state index is 12.5. The van der Waals surface area contributed by atoms with Crippen molar-refractivity contribution in [2.45, 2.75) is 46.2 Å². The molecule has 1 amide bonds. The highest BCUT2D eigenvalue weighted by atomic mass is 16.1. The van der Waals surface area contributed by atoms with Crippen molar-refractivity contribution < 1.29 is 4.79 Å². The Labute approximate surface area is 150 Å². The fourth-order valence-corrected chi connectivity index (χ4v) is 3.50. The lowest BCUT2D eigenvalue weighted by Crippen LogP contribution is -2.47. The molecule has 1 saturated heterocycles. The Bertz CT molecular complexity index is 720. The van der Waals surface area contributed by atoms with Crippen molar-refractivity contribution in [1.82, 2.24) is 20.0 Å². The summed E-state index contributed by atoms with van der Waals surface area (Å²) < 4.78 is 1.99. The summed E-state index contributed by atoms with van der Waals surface area (Å²) in [5.74, 6) is 0.0283. The van der Waals surface area contributed by atoms with Gasteiger partial charge < -0.3 is 10.2 Å². The topological polar surface area (TPSA) is 50.2 Å². The number of carbonyl (C=O) groups is 1. The maximum atomic E-state index is 12.5. The third-order valence-electron chi connectivity index (χ3n) is 4.94. The quantitative estimate of drug-likeness (QED) is 0.910. The molecule has 0 saturated carbocycles. The molecule has 0 bridgehead atoms. The van der Waals surface area contributed by atoms with Crippen molar-refractivity contribution in [2.24, 2.45) is 0 Å². The van der Waals surface area contributed by atoms with Crippen molar-refractivity contribution in [1.29, 1.82) is 0 Å². The number of piperidine rings is 1. The highest BCUT2D eigenvalue weighted by molar-refractivity contribution is 5.94. The summed E-state index contributed by atoms with van der Waals surface area (Å²) in [6.45, 7) is 10.1. The number of likely N-dealkylation sites (N-methyl/N-ethyl adjacent to an activating group) is 1. The van der Waals surface area contributed by atoms with E-state index in [0.717, 1.165) is 61.5 Å². The van der Waals surface area contributed by atoms with Crippen molar-refractivity contribution in [2.75, 3.05) is 19.6 Å². The van der Waals surface area contributed by atoms with Crippen molar-refractivity contribution in [3.63, 3.8) is 0 Å². The van der Waals surface area contributed by atoms with Crippen LogP contribution in [0.15, 0.2) is 30.3 Å². The Balaban J connectivity index is 1.59. The SMILES string of the molecule is CCN1CCCC(NC(=O)c2ccc(Cn3nc(C)cc3C)cc2)C1. The molecule has 1 aliphatic heterocycles. The third-order valence-corrected chi connectivity index (χ3v) is 4.94. The summed E-state index contributed by atoms with van der Waals surface area (Å²) in [5, 5.41) is 7.67. The fraction of sp³-hybridized carbons (Fsp3) is 0.500. The second-order valence-corrected chi connectivity index (χ2v) is 6.99. The van der Waals surface area contributed by atoms with Gasteiger partial charge in [0.2, 0.25) is 0 Å². The summed E-state index contributed by atoms with van der Waals surface area (Å²) in [6.07, 6.45) is 2.22. The Kier molecular flexibility index (Phi) is 5.53. The number of aryl methyl sites for hydroxylation is 2. The van der Waals surface area contributed by atoms with E-state index >= 15 is 0 Å². The zero-order valence-electron chi connectivity index (χ0n) is 15.5. The Morgan fingerprint density at radius 3 is 2.68 bits per heavy atom. The molecule has 1 aromatic carbocycles. The molecule has 1 aromatic heterocycles. The lowest BCUT2D eigenvalue weighted by atomic mass is 10.0. The first-order valence-electron chi connectivity index (χ1n) is 9.18. The number of hydrogen-bond donors (Lipinski definition) is 1. The van der Waals surface area contributed by atoms with Gasteiger partial charge in [0.05, 0.1) is 12.2 Å². The molecule has 25 heavy (non-hydrogen) atoms. The van der Waals surface area contributed by atoms with E-state index < -0.39 is 0 Å².